The molecule has 3 atom stereocenters. The molecule has 52 heavy (non-hydrogen) atoms. The van der Waals surface area contributed by atoms with E-state index in [0.717, 1.165) is 25.7 Å². The third-order valence-electron chi connectivity index (χ3n) is 11.6. The molecule has 1 aromatic carbocycles. The highest BCUT2D eigenvalue weighted by atomic mass is 19.1. The zero-order valence-electron chi connectivity index (χ0n) is 30.4. The summed E-state index contributed by atoms with van der Waals surface area (Å²) in [5.74, 6) is -1.52. The number of rotatable bonds is 10. The number of alkyl carbamates (subject to hydrolysis) is 1. The molecule has 6 rings (SSSR count). The summed E-state index contributed by atoms with van der Waals surface area (Å²) in [6.45, 7) is 2.48. The van der Waals surface area contributed by atoms with Crippen molar-refractivity contribution in [2.24, 2.45) is 23.7 Å². The van der Waals surface area contributed by atoms with Gasteiger partial charge in [-0.2, -0.15) is 0 Å². The van der Waals surface area contributed by atoms with Gasteiger partial charge in [0.2, 0.25) is 17.5 Å². The Morgan fingerprint density at radius 3 is 2.29 bits per heavy atom. The van der Waals surface area contributed by atoms with Gasteiger partial charge in [-0.1, -0.05) is 0 Å². The molecule has 2 aliphatic heterocycles. The standard InChI is InChI=1S/C38H51F3N4O7/c1-37(2,3)52-36(49)43-29(19-39)23-5-7-24(8-6-23)34(47)44-16-15-28(22-9-12-27(50-4)13-10-22)32(44)33(46)42-26-11-14-30-25(17-26)18-31-35(48)51-38(20-40,21-41)45(30)31/h11,14,17-18,22-24,27-29,32H,5-10,12-13,15-16,19-21H2,1-4H3,(H,42,46)(H,43,49)/t22-,23-,24-,27-,28-,29+,32-/m0/s1. The highest BCUT2D eigenvalue weighted by molar-refractivity contribution is 6.02. The molecule has 4 aliphatic rings. The highest BCUT2D eigenvalue weighted by Gasteiger charge is 2.49. The Kier molecular flexibility index (Phi) is 11.1. The SMILES string of the molecule is CO[C@H]1CC[C@H]([C@@H]2CCN(C(=O)[C@H]3CC[C@H]([C@@H](CF)NC(=O)OC(C)(C)C)CC3)[C@@H]2C(=O)Nc2ccc3c(c2)cc2n3C(CF)(CF)OC2=O)CC1. The second-order valence-electron chi connectivity index (χ2n) is 16.0. The van der Waals surface area contributed by atoms with E-state index < -0.39 is 55.5 Å². The summed E-state index contributed by atoms with van der Waals surface area (Å²) in [5, 5.41) is 6.19. The molecule has 2 N–H and O–H groups in total. The Morgan fingerprint density at radius 1 is 0.981 bits per heavy atom. The molecule has 11 nitrogen and oxygen atoms in total. The summed E-state index contributed by atoms with van der Waals surface area (Å²) >= 11 is 0. The maximum absolute atomic E-state index is 14.3. The molecule has 3 amide bonds. The number of carbonyl (C=O) groups is 4. The zero-order valence-corrected chi connectivity index (χ0v) is 30.4. The lowest BCUT2D eigenvalue weighted by atomic mass is 9.75. The number of alkyl halides is 3. The summed E-state index contributed by atoms with van der Waals surface area (Å²) in [6, 6.07) is 4.94. The first-order chi connectivity index (χ1) is 24.8. The Morgan fingerprint density at radius 2 is 1.67 bits per heavy atom. The van der Waals surface area contributed by atoms with Gasteiger partial charge in [0, 0.05) is 30.6 Å². The first-order valence-corrected chi connectivity index (χ1v) is 18.5. The second-order valence-corrected chi connectivity index (χ2v) is 16.0. The number of methoxy groups -OCH3 is 1. The quantitative estimate of drug-likeness (QED) is 0.270. The van der Waals surface area contributed by atoms with Crippen LogP contribution in [0.1, 0.15) is 89.0 Å². The number of nitrogens with one attached hydrogen (secondary N) is 2. The number of halogens is 3. The van der Waals surface area contributed by atoms with Crippen molar-refractivity contribution in [2.45, 2.75) is 108 Å². The predicted molar refractivity (Wildman–Crippen MR) is 187 cm³/mol. The lowest BCUT2D eigenvalue weighted by molar-refractivity contribution is -0.142. The fraction of sp³-hybridized carbons (Fsp3) is 0.684. The van der Waals surface area contributed by atoms with Crippen molar-refractivity contribution in [1.29, 1.82) is 0 Å². The molecule has 286 valence electrons. The van der Waals surface area contributed by atoms with Gasteiger partial charge in [0.1, 0.15) is 24.0 Å². The second kappa shape index (κ2) is 15.3. The Labute approximate surface area is 302 Å². The Balaban J connectivity index is 1.18. The smallest absolute Gasteiger partial charge is 0.407 e. The monoisotopic (exact) mass is 732 g/mol. The topological polar surface area (TPSA) is 128 Å². The van der Waals surface area contributed by atoms with E-state index in [2.05, 4.69) is 10.6 Å². The summed E-state index contributed by atoms with van der Waals surface area (Å²) in [4.78, 5) is 55.1. The summed E-state index contributed by atoms with van der Waals surface area (Å²) in [6.07, 6.45) is 5.88. The molecular formula is C38H51F3N4O7. The number of hydrogen-bond acceptors (Lipinski definition) is 7. The molecule has 3 fully saturated rings. The Hall–Kier alpha value is -3.81. The summed E-state index contributed by atoms with van der Waals surface area (Å²) < 4.78 is 59.3. The number of anilines is 1. The van der Waals surface area contributed by atoms with Crippen molar-refractivity contribution < 1.29 is 46.6 Å². The first kappa shape index (κ1) is 37.9. The molecule has 0 bridgehead atoms. The minimum atomic E-state index is -2.06. The molecule has 1 saturated heterocycles. The zero-order chi connectivity index (χ0) is 37.4. The Bertz CT molecular complexity index is 1640. The van der Waals surface area contributed by atoms with E-state index in [0.29, 0.717) is 55.2 Å². The molecule has 0 spiro atoms. The van der Waals surface area contributed by atoms with Crippen molar-refractivity contribution in [1.82, 2.24) is 14.8 Å². The molecule has 0 radical (unpaired) electrons. The minimum absolute atomic E-state index is 0.0289. The number of ether oxygens (including phenoxy) is 3. The number of amides is 3. The number of nitrogens with zero attached hydrogens (tertiary/aromatic N) is 2. The normalized spacial score (nSPS) is 27.9. The van der Waals surface area contributed by atoms with Crippen LogP contribution in [-0.2, 0) is 29.5 Å². The van der Waals surface area contributed by atoms with Gasteiger partial charge in [-0.25, -0.2) is 22.8 Å². The minimum Gasteiger partial charge on any atom is -0.444 e. The van der Waals surface area contributed by atoms with Gasteiger partial charge in [-0.15, -0.1) is 0 Å². The van der Waals surface area contributed by atoms with Crippen LogP contribution in [0.5, 0.6) is 0 Å². The molecule has 3 heterocycles. The lowest BCUT2D eigenvalue weighted by Crippen LogP contribution is -2.50. The van der Waals surface area contributed by atoms with Crippen LogP contribution in [0.2, 0.25) is 0 Å². The van der Waals surface area contributed by atoms with Crippen LogP contribution in [0.15, 0.2) is 24.3 Å². The van der Waals surface area contributed by atoms with Crippen molar-refractivity contribution in [2.75, 3.05) is 39.0 Å². The number of esters is 1. The molecule has 2 aliphatic carbocycles. The largest absolute Gasteiger partial charge is 0.444 e. The third kappa shape index (κ3) is 7.49. The van der Waals surface area contributed by atoms with E-state index in [-0.39, 0.29) is 47.3 Å². The molecular weight excluding hydrogens is 681 g/mol. The number of hydrogen-bond donors (Lipinski definition) is 2. The van der Waals surface area contributed by atoms with Crippen LogP contribution in [-0.4, -0.2) is 90.8 Å². The number of likely N-dealkylation sites (tertiary alicyclic amines) is 1. The number of benzene rings is 1. The van der Waals surface area contributed by atoms with E-state index in [1.807, 2.05) is 0 Å². The van der Waals surface area contributed by atoms with Gasteiger partial charge >= 0.3 is 12.1 Å². The summed E-state index contributed by atoms with van der Waals surface area (Å²) in [5.41, 5.74) is -1.91. The first-order valence-electron chi connectivity index (χ1n) is 18.5. The van der Waals surface area contributed by atoms with Crippen LogP contribution in [0.3, 0.4) is 0 Å². The maximum atomic E-state index is 14.3. The van der Waals surface area contributed by atoms with Crippen LogP contribution in [0.4, 0.5) is 23.7 Å². The van der Waals surface area contributed by atoms with Crippen LogP contribution >= 0.6 is 0 Å². The number of carbonyl (C=O) groups excluding carboxylic acids is 4. The third-order valence-corrected chi connectivity index (χ3v) is 11.6. The predicted octanol–water partition coefficient (Wildman–Crippen LogP) is 6.43. The number of fused-ring (bicyclic) bond motifs is 3. The van der Waals surface area contributed by atoms with Crippen molar-refractivity contribution in [3.63, 3.8) is 0 Å². The van der Waals surface area contributed by atoms with Crippen molar-refractivity contribution in [3.8, 4) is 0 Å². The average Bonchev–Trinajstić information content (AvgIpc) is 3.82. The van der Waals surface area contributed by atoms with Crippen LogP contribution < -0.4 is 10.6 Å². The fourth-order valence-corrected chi connectivity index (χ4v) is 8.97. The van der Waals surface area contributed by atoms with Gasteiger partial charge in [0.25, 0.3) is 0 Å². The molecule has 14 heteroatoms. The molecule has 0 unspecified atom stereocenters. The van der Waals surface area contributed by atoms with E-state index >= 15 is 0 Å². The van der Waals surface area contributed by atoms with Gasteiger partial charge in [0.05, 0.1) is 17.7 Å². The number of cyclic esters (lactones) is 1. The molecule has 2 saturated carbocycles. The van der Waals surface area contributed by atoms with E-state index in [1.54, 1.807) is 51.0 Å². The molecule has 2 aromatic rings. The van der Waals surface area contributed by atoms with Crippen molar-refractivity contribution >= 4 is 40.5 Å². The van der Waals surface area contributed by atoms with Gasteiger partial charge in [-0.05, 0) is 121 Å². The number of aromatic nitrogens is 1. The van der Waals surface area contributed by atoms with Crippen LogP contribution in [0.25, 0.3) is 10.9 Å². The highest BCUT2D eigenvalue weighted by Crippen LogP contribution is 2.43. The van der Waals surface area contributed by atoms with E-state index in [4.69, 9.17) is 14.2 Å². The fourth-order valence-electron chi connectivity index (χ4n) is 8.97. The molecule has 1 aromatic heterocycles. The van der Waals surface area contributed by atoms with Gasteiger partial charge in [-0.3, -0.25) is 14.2 Å². The van der Waals surface area contributed by atoms with Gasteiger partial charge < -0.3 is 29.7 Å². The van der Waals surface area contributed by atoms with E-state index in [9.17, 15) is 32.3 Å². The van der Waals surface area contributed by atoms with Gasteiger partial charge in [0.15, 0.2) is 13.3 Å². The maximum Gasteiger partial charge on any atom is 0.407 e. The average molecular weight is 733 g/mol. The van der Waals surface area contributed by atoms with Crippen LogP contribution in [0, 0.1) is 23.7 Å². The van der Waals surface area contributed by atoms with E-state index in [1.165, 1.54) is 10.6 Å². The summed E-state index contributed by atoms with van der Waals surface area (Å²) in [7, 11) is 1.71. The lowest BCUT2D eigenvalue weighted by Gasteiger charge is -2.38. The van der Waals surface area contributed by atoms with Crippen molar-refractivity contribution in [3.05, 3.63) is 30.0 Å².